The van der Waals surface area contributed by atoms with Gasteiger partial charge in [-0.3, -0.25) is 4.90 Å². The molecule has 0 aromatic rings. The Kier molecular flexibility index (Phi) is 5.56. The first kappa shape index (κ1) is 16.5. The van der Waals surface area contributed by atoms with Crippen LogP contribution < -0.4 is 0 Å². The summed E-state index contributed by atoms with van der Waals surface area (Å²) in [4.78, 5) is 25.3. The van der Waals surface area contributed by atoms with Gasteiger partial charge < -0.3 is 14.2 Å². The van der Waals surface area contributed by atoms with E-state index in [0.717, 1.165) is 0 Å². The number of amides is 1. The molecule has 0 N–H and O–H groups in total. The van der Waals surface area contributed by atoms with Crippen LogP contribution in [0.2, 0.25) is 0 Å². The van der Waals surface area contributed by atoms with E-state index in [1.54, 1.807) is 26.8 Å². The Morgan fingerprint density at radius 2 is 2.05 bits per heavy atom. The highest BCUT2D eigenvalue weighted by atomic mass is 16.6. The normalized spacial score (nSPS) is 22.5. The zero-order valence-corrected chi connectivity index (χ0v) is 12.5. The number of hydrogen-bond acceptors (Lipinski definition) is 5. The van der Waals surface area contributed by atoms with Crippen molar-refractivity contribution in [3.8, 4) is 0 Å². The molecule has 6 nitrogen and oxygen atoms in total. The molecule has 1 amide bonds. The number of carbonyl (C=O) groups excluding carboxylic acids is 2. The van der Waals surface area contributed by atoms with Crippen molar-refractivity contribution in [1.82, 2.24) is 4.90 Å². The topological polar surface area (TPSA) is 65.1 Å². The van der Waals surface area contributed by atoms with Crippen molar-refractivity contribution in [2.75, 3.05) is 20.3 Å². The highest BCUT2D eigenvalue weighted by molar-refractivity contribution is 5.82. The van der Waals surface area contributed by atoms with Crippen LogP contribution in [0.1, 0.15) is 27.2 Å². The maximum atomic E-state index is 12.1. The second-order valence-corrected chi connectivity index (χ2v) is 5.65. The van der Waals surface area contributed by atoms with E-state index in [1.165, 1.54) is 12.0 Å². The van der Waals surface area contributed by atoms with Crippen molar-refractivity contribution < 1.29 is 23.8 Å². The zero-order valence-electron chi connectivity index (χ0n) is 12.5. The molecule has 0 bridgehead atoms. The van der Waals surface area contributed by atoms with Crippen LogP contribution in [0.5, 0.6) is 0 Å². The van der Waals surface area contributed by atoms with Gasteiger partial charge in [0.15, 0.2) is 0 Å². The maximum absolute atomic E-state index is 12.1. The largest absolute Gasteiger partial charge is 0.467 e. The quantitative estimate of drug-likeness (QED) is 0.581. The third kappa shape index (κ3) is 4.52. The van der Waals surface area contributed by atoms with Crippen LogP contribution in [0.4, 0.5) is 4.79 Å². The Hall–Kier alpha value is -1.56. The Morgan fingerprint density at radius 1 is 1.40 bits per heavy atom. The van der Waals surface area contributed by atoms with Gasteiger partial charge in [0.05, 0.1) is 26.4 Å². The molecule has 0 radical (unpaired) electrons. The van der Waals surface area contributed by atoms with Crippen molar-refractivity contribution in [3.63, 3.8) is 0 Å². The van der Waals surface area contributed by atoms with Crippen LogP contribution in [0.15, 0.2) is 12.7 Å². The lowest BCUT2D eigenvalue weighted by molar-refractivity contribution is -0.145. The molecule has 1 fully saturated rings. The Morgan fingerprint density at radius 3 is 2.55 bits per heavy atom. The van der Waals surface area contributed by atoms with Gasteiger partial charge in [-0.2, -0.15) is 0 Å². The predicted molar refractivity (Wildman–Crippen MR) is 73.3 cm³/mol. The summed E-state index contributed by atoms with van der Waals surface area (Å²) in [6.07, 6.45) is 1.28. The molecular formula is C14H23NO5. The average molecular weight is 285 g/mol. The Balaban J connectivity index is 2.76. The first-order valence-electron chi connectivity index (χ1n) is 6.58. The Bertz CT molecular complexity index is 374. The fourth-order valence-corrected chi connectivity index (χ4v) is 2.00. The monoisotopic (exact) mass is 285 g/mol. The Labute approximate surface area is 119 Å². The average Bonchev–Trinajstić information content (AvgIpc) is 2.77. The van der Waals surface area contributed by atoms with E-state index < -0.39 is 23.7 Å². The molecular weight excluding hydrogens is 262 g/mol. The molecule has 1 rings (SSSR count). The molecule has 20 heavy (non-hydrogen) atoms. The van der Waals surface area contributed by atoms with Gasteiger partial charge >= 0.3 is 12.1 Å². The highest BCUT2D eigenvalue weighted by Gasteiger charge is 2.42. The summed E-state index contributed by atoms with van der Waals surface area (Å²) >= 11 is 0. The minimum atomic E-state index is -0.662. The van der Waals surface area contributed by atoms with E-state index in [1.807, 2.05) is 0 Å². The van der Waals surface area contributed by atoms with Crippen LogP contribution in [-0.4, -0.2) is 55.0 Å². The first-order chi connectivity index (χ1) is 9.28. The number of rotatable bonds is 4. The maximum Gasteiger partial charge on any atom is 0.411 e. The molecule has 0 aliphatic carbocycles. The highest BCUT2D eigenvalue weighted by Crippen LogP contribution is 2.24. The van der Waals surface area contributed by atoms with Gasteiger partial charge in [0.25, 0.3) is 0 Å². The lowest BCUT2D eigenvalue weighted by Crippen LogP contribution is -2.44. The molecule has 0 aromatic heterocycles. The molecule has 0 aromatic carbocycles. The van der Waals surface area contributed by atoms with Crippen molar-refractivity contribution >= 4 is 12.1 Å². The summed E-state index contributed by atoms with van der Waals surface area (Å²) in [5.41, 5.74) is -0.613. The minimum absolute atomic E-state index is 0.218. The van der Waals surface area contributed by atoms with Gasteiger partial charge in [0.2, 0.25) is 0 Å². The zero-order chi connectivity index (χ0) is 15.3. The SMILES string of the molecule is C=CCO[C@@H]1C[C@@H](C(=O)OC)N(C(=O)OC(C)(C)C)C1. The summed E-state index contributed by atoms with van der Waals surface area (Å²) in [7, 11) is 1.30. The van der Waals surface area contributed by atoms with Crippen molar-refractivity contribution in [3.05, 3.63) is 12.7 Å². The van der Waals surface area contributed by atoms with Gasteiger partial charge in [-0.25, -0.2) is 9.59 Å². The van der Waals surface area contributed by atoms with Gasteiger partial charge in [-0.05, 0) is 20.8 Å². The van der Waals surface area contributed by atoms with E-state index in [2.05, 4.69) is 6.58 Å². The number of likely N-dealkylation sites (tertiary alicyclic amines) is 1. The first-order valence-corrected chi connectivity index (χ1v) is 6.58. The van der Waals surface area contributed by atoms with Crippen LogP contribution >= 0.6 is 0 Å². The number of carbonyl (C=O) groups is 2. The molecule has 114 valence electrons. The summed E-state index contributed by atoms with van der Waals surface area (Å²) in [5, 5.41) is 0. The number of methoxy groups -OCH3 is 1. The molecule has 1 aliphatic heterocycles. The summed E-state index contributed by atoms with van der Waals surface area (Å²) in [5.74, 6) is -0.458. The molecule has 6 heteroatoms. The summed E-state index contributed by atoms with van der Waals surface area (Å²) < 4.78 is 15.5. The van der Waals surface area contributed by atoms with Gasteiger partial charge in [0.1, 0.15) is 11.6 Å². The standard InChI is InChI=1S/C14H23NO5/c1-6-7-19-10-8-11(12(16)18-5)15(9-10)13(17)20-14(2,3)4/h6,10-11H,1,7-9H2,2-5H3/t10-,11+/m1/s1. The fourth-order valence-electron chi connectivity index (χ4n) is 2.00. The van der Waals surface area contributed by atoms with E-state index in [0.29, 0.717) is 19.6 Å². The van der Waals surface area contributed by atoms with Gasteiger partial charge in [-0.1, -0.05) is 6.08 Å². The van der Waals surface area contributed by atoms with Crippen molar-refractivity contribution in [2.45, 2.75) is 44.9 Å². The molecule has 0 spiro atoms. The third-order valence-electron chi connectivity index (χ3n) is 2.81. The van der Waals surface area contributed by atoms with Crippen LogP contribution in [0.3, 0.4) is 0 Å². The van der Waals surface area contributed by atoms with Gasteiger partial charge in [-0.15, -0.1) is 6.58 Å². The summed E-state index contributed by atoms with van der Waals surface area (Å²) in [6.45, 7) is 9.59. The summed E-state index contributed by atoms with van der Waals surface area (Å²) in [6, 6.07) is -0.662. The lowest BCUT2D eigenvalue weighted by atomic mass is 10.2. The number of hydrogen-bond donors (Lipinski definition) is 0. The second-order valence-electron chi connectivity index (χ2n) is 5.65. The molecule has 1 saturated heterocycles. The number of nitrogens with zero attached hydrogens (tertiary/aromatic N) is 1. The number of ether oxygens (including phenoxy) is 3. The predicted octanol–water partition coefficient (Wildman–Crippen LogP) is 1.74. The molecule has 0 saturated carbocycles. The number of esters is 1. The molecule has 1 heterocycles. The van der Waals surface area contributed by atoms with E-state index in [-0.39, 0.29) is 6.10 Å². The van der Waals surface area contributed by atoms with E-state index >= 15 is 0 Å². The molecule has 2 atom stereocenters. The van der Waals surface area contributed by atoms with E-state index in [4.69, 9.17) is 14.2 Å². The van der Waals surface area contributed by atoms with Crippen LogP contribution in [0.25, 0.3) is 0 Å². The lowest BCUT2D eigenvalue weighted by Gasteiger charge is -2.27. The smallest absolute Gasteiger partial charge is 0.411 e. The molecule has 1 aliphatic rings. The minimum Gasteiger partial charge on any atom is -0.467 e. The second kappa shape index (κ2) is 6.74. The fraction of sp³-hybridized carbons (Fsp3) is 0.714. The van der Waals surface area contributed by atoms with Crippen LogP contribution in [0, 0.1) is 0 Å². The van der Waals surface area contributed by atoms with Crippen LogP contribution in [-0.2, 0) is 19.0 Å². The van der Waals surface area contributed by atoms with E-state index in [9.17, 15) is 9.59 Å². The van der Waals surface area contributed by atoms with Gasteiger partial charge in [0, 0.05) is 6.42 Å². The third-order valence-corrected chi connectivity index (χ3v) is 2.81. The van der Waals surface area contributed by atoms with Crippen molar-refractivity contribution in [1.29, 1.82) is 0 Å². The van der Waals surface area contributed by atoms with Crippen molar-refractivity contribution in [2.24, 2.45) is 0 Å². The molecule has 0 unspecified atom stereocenters.